The molecule has 0 spiro atoms. The molecule has 4 nitrogen and oxygen atoms in total. The van der Waals surface area contributed by atoms with Gasteiger partial charge in [-0.25, -0.2) is 8.42 Å². The summed E-state index contributed by atoms with van der Waals surface area (Å²) >= 11 is 0. The Kier molecular flexibility index (Phi) is 3.13. The van der Waals surface area contributed by atoms with E-state index in [4.69, 9.17) is 0 Å². The molecule has 0 aliphatic carbocycles. The zero-order chi connectivity index (χ0) is 10.8. The first-order valence-electron chi connectivity index (χ1n) is 4.15. The first kappa shape index (κ1) is 11.0. The lowest BCUT2D eigenvalue weighted by Gasteiger charge is -2.12. The van der Waals surface area contributed by atoms with E-state index in [2.05, 4.69) is 4.72 Å². The first-order valence-corrected chi connectivity index (χ1v) is 6.04. The molecular weight excluding hydrogens is 202 g/mol. The van der Waals surface area contributed by atoms with Gasteiger partial charge in [-0.3, -0.25) is 4.72 Å². The largest absolute Gasteiger partial charge is 0.389 e. The third-order valence-electron chi connectivity index (χ3n) is 1.71. The fourth-order valence-electron chi connectivity index (χ4n) is 1.15. The van der Waals surface area contributed by atoms with Crippen molar-refractivity contribution in [2.24, 2.45) is 0 Å². The lowest BCUT2D eigenvalue weighted by molar-refractivity contribution is 0.200. The van der Waals surface area contributed by atoms with Crippen LogP contribution in [0.2, 0.25) is 0 Å². The molecule has 1 atom stereocenters. The Bertz CT molecular complexity index is 412. The number of aliphatic hydroxyl groups is 1. The highest BCUT2D eigenvalue weighted by Crippen LogP contribution is 2.22. The molecule has 1 rings (SSSR count). The molecule has 0 amide bonds. The topological polar surface area (TPSA) is 66.4 Å². The van der Waals surface area contributed by atoms with Crippen LogP contribution >= 0.6 is 0 Å². The summed E-state index contributed by atoms with van der Waals surface area (Å²) in [5.41, 5.74) is 0.989. The second-order valence-electron chi connectivity index (χ2n) is 3.14. The van der Waals surface area contributed by atoms with Gasteiger partial charge in [-0.2, -0.15) is 0 Å². The molecule has 14 heavy (non-hydrogen) atoms. The molecule has 0 radical (unpaired) electrons. The number of nitrogens with one attached hydrogen (secondary N) is 1. The monoisotopic (exact) mass is 215 g/mol. The molecule has 1 unspecified atom stereocenters. The number of para-hydroxylation sites is 1. The van der Waals surface area contributed by atoms with Gasteiger partial charge in [-0.1, -0.05) is 18.2 Å². The number of benzene rings is 1. The summed E-state index contributed by atoms with van der Waals surface area (Å²) in [5.74, 6) is 0. The highest BCUT2D eigenvalue weighted by molar-refractivity contribution is 7.92. The Balaban J connectivity index is 3.08. The molecule has 0 bridgehead atoms. The lowest BCUT2D eigenvalue weighted by atomic mass is 10.1. The van der Waals surface area contributed by atoms with Crippen molar-refractivity contribution in [3.8, 4) is 0 Å². The summed E-state index contributed by atoms with van der Waals surface area (Å²) in [4.78, 5) is 0. The quantitative estimate of drug-likeness (QED) is 0.793. The second kappa shape index (κ2) is 3.98. The van der Waals surface area contributed by atoms with Gasteiger partial charge in [0.25, 0.3) is 0 Å². The molecule has 0 aliphatic rings. The van der Waals surface area contributed by atoms with Gasteiger partial charge in [0.2, 0.25) is 10.0 Å². The molecule has 78 valence electrons. The van der Waals surface area contributed by atoms with Crippen molar-refractivity contribution in [1.82, 2.24) is 0 Å². The van der Waals surface area contributed by atoms with E-state index in [9.17, 15) is 13.5 Å². The summed E-state index contributed by atoms with van der Waals surface area (Å²) in [6, 6.07) is 6.75. The van der Waals surface area contributed by atoms with Crippen LogP contribution in [-0.4, -0.2) is 19.8 Å². The van der Waals surface area contributed by atoms with E-state index >= 15 is 0 Å². The maximum atomic E-state index is 11.0. The SMILES string of the molecule is CC(O)c1ccccc1NS(C)(=O)=O. The highest BCUT2D eigenvalue weighted by atomic mass is 32.2. The molecule has 1 aromatic rings. The van der Waals surface area contributed by atoms with Crippen LogP contribution in [0.25, 0.3) is 0 Å². The number of rotatable bonds is 3. The molecule has 1 aromatic carbocycles. The number of anilines is 1. The normalized spacial score (nSPS) is 13.6. The van der Waals surface area contributed by atoms with Crippen LogP contribution in [0, 0.1) is 0 Å². The van der Waals surface area contributed by atoms with Crippen molar-refractivity contribution >= 4 is 15.7 Å². The highest BCUT2D eigenvalue weighted by Gasteiger charge is 2.09. The predicted octanol–water partition coefficient (Wildman–Crippen LogP) is 1.11. The van der Waals surface area contributed by atoms with Gasteiger partial charge in [-0.15, -0.1) is 0 Å². The minimum Gasteiger partial charge on any atom is -0.389 e. The average Bonchev–Trinajstić information content (AvgIpc) is 2.01. The third kappa shape index (κ3) is 3.01. The predicted molar refractivity (Wildman–Crippen MR) is 55.5 cm³/mol. The molecule has 0 heterocycles. The van der Waals surface area contributed by atoms with Crippen LogP contribution < -0.4 is 4.72 Å². The van der Waals surface area contributed by atoms with Crippen molar-refractivity contribution in [3.05, 3.63) is 29.8 Å². The number of hydrogen-bond donors (Lipinski definition) is 2. The van der Waals surface area contributed by atoms with Gasteiger partial charge in [0.1, 0.15) is 0 Å². The van der Waals surface area contributed by atoms with Gasteiger partial charge in [0.05, 0.1) is 18.0 Å². The summed E-state index contributed by atoms with van der Waals surface area (Å²) in [6.45, 7) is 1.59. The number of sulfonamides is 1. The minimum absolute atomic E-state index is 0.421. The average molecular weight is 215 g/mol. The zero-order valence-electron chi connectivity index (χ0n) is 8.06. The third-order valence-corrected chi connectivity index (χ3v) is 2.30. The van der Waals surface area contributed by atoms with Crippen LogP contribution in [0.4, 0.5) is 5.69 Å². The van der Waals surface area contributed by atoms with Crippen molar-refractivity contribution in [2.45, 2.75) is 13.0 Å². The summed E-state index contributed by atoms with van der Waals surface area (Å²) in [6.07, 6.45) is 0.381. The molecule has 2 N–H and O–H groups in total. The Labute approximate surface area is 83.6 Å². The second-order valence-corrected chi connectivity index (χ2v) is 4.89. The fraction of sp³-hybridized carbons (Fsp3) is 0.333. The number of hydrogen-bond acceptors (Lipinski definition) is 3. The van der Waals surface area contributed by atoms with Crippen molar-refractivity contribution in [3.63, 3.8) is 0 Å². The van der Waals surface area contributed by atoms with E-state index in [0.29, 0.717) is 11.3 Å². The van der Waals surface area contributed by atoms with Gasteiger partial charge in [0, 0.05) is 5.56 Å². The van der Waals surface area contributed by atoms with E-state index in [1.165, 1.54) is 0 Å². The van der Waals surface area contributed by atoms with Gasteiger partial charge in [-0.05, 0) is 13.0 Å². The standard InChI is InChI=1S/C9H13NO3S/c1-7(11)8-5-3-4-6-9(8)10-14(2,12)13/h3-7,10-11H,1-2H3. The first-order chi connectivity index (χ1) is 6.40. The lowest BCUT2D eigenvalue weighted by Crippen LogP contribution is -2.11. The Hall–Kier alpha value is -1.07. The van der Waals surface area contributed by atoms with E-state index in [1.54, 1.807) is 31.2 Å². The van der Waals surface area contributed by atoms with Gasteiger partial charge >= 0.3 is 0 Å². The molecule has 0 saturated heterocycles. The number of aliphatic hydroxyl groups excluding tert-OH is 1. The molecule has 0 fully saturated rings. The van der Waals surface area contributed by atoms with Crippen LogP contribution in [0.15, 0.2) is 24.3 Å². The van der Waals surface area contributed by atoms with Crippen LogP contribution in [-0.2, 0) is 10.0 Å². The van der Waals surface area contributed by atoms with Crippen LogP contribution in [0.5, 0.6) is 0 Å². The minimum atomic E-state index is -3.29. The molecule has 0 aliphatic heterocycles. The molecule has 0 aromatic heterocycles. The molecule has 5 heteroatoms. The smallest absolute Gasteiger partial charge is 0.229 e. The maximum Gasteiger partial charge on any atom is 0.229 e. The van der Waals surface area contributed by atoms with Crippen LogP contribution in [0.3, 0.4) is 0 Å². The summed E-state index contributed by atoms with van der Waals surface area (Å²) in [7, 11) is -3.29. The van der Waals surface area contributed by atoms with Crippen molar-refractivity contribution in [2.75, 3.05) is 11.0 Å². The van der Waals surface area contributed by atoms with Gasteiger partial charge in [0.15, 0.2) is 0 Å². The molecule has 0 saturated carbocycles. The van der Waals surface area contributed by atoms with Gasteiger partial charge < -0.3 is 5.11 Å². The molecular formula is C9H13NO3S. The Morgan fingerprint density at radius 1 is 1.36 bits per heavy atom. The van der Waals surface area contributed by atoms with Crippen LogP contribution in [0.1, 0.15) is 18.6 Å². The summed E-state index contributed by atoms with van der Waals surface area (Å²) in [5, 5.41) is 9.37. The Morgan fingerprint density at radius 3 is 2.43 bits per heavy atom. The van der Waals surface area contributed by atoms with E-state index < -0.39 is 16.1 Å². The van der Waals surface area contributed by atoms with Crippen molar-refractivity contribution < 1.29 is 13.5 Å². The Morgan fingerprint density at radius 2 is 1.93 bits per heavy atom. The van der Waals surface area contributed by atoms with Crippen molar-refractivity contribution in [1.29, 1.82) is 0 Å². The fourth-order valence-corrected chi connectivity index (χ4v) is 1.74. The van der Waals surface area contributed by atoms with E-state index in [1.807, 2.05) is 0 Å². The summed E-state index contributed by atoms with van der Waals surface area (Å²) < 4.78 is 24.3. The van der Waals surface area contributed by atoms with E-state index in [-0.39, 0.29) is 0 Å². The van der Waals surface area contributed by atoms with E-state index in [0.717, 1.165) is 6.26 Å². The maximum absolute atomic E-state index is 11.0. The zero-order valence-corrected chi connectivity index (χ0v) is 8.88.